The number of carbonyl (C=O) groups is 2. The molecule has 1 aliphatic rings. The Labute approximate surface area is 213 Å². The Hall–Kier alpha value is -2.25. The van der Waals surface area contributed by atoms with E-state index in [0.717, 1.165) is 11.3 Å². The Kier molecular flexibility index (Phi) is 8.19. The summed E-state index contributed by atoms with van der Waals surface area (Å²) in [5.41, 5.74) is 0.767. The minimum atomic E-state index is -3.65. The summed E-state index contributed by atoms with van der Waals surface area (Å²) in [6.07, 6.45) is 0. The van der Waals surface area contributed by atoms with Gasteiger partial charge in [0.2, 0.25) is 10.0 Å². The Morgan fingerprint density at radius 2 is 1.74 bits per heavy atom. The number of thiocarbonyl (C=S) groups is 1. The second-order valence-corrected chi connectivity index (χ2v) is 11.5. The quantitative estimate of drug-likeness (QED) is 0.453. The van der Waals surface area contributed by atoms with Crippen molar-refractivity contribution in [3.05, 3.63) is 45.3 Å². The van der Waals surface area contributed by atoms with Crippen LogP contribution in [-0.4, -0.2) is 86.9 Å². The molecule has 9 nitrogen and oxygen atoms in total. The van der Waals surface area contributed by atoms with Crippen molar-refractivity contribution >= 4 is 67.2 Å². The van der Waals surface area contributed by atoms with Gasteiger partial charge in [-0.05, 0) is 49.0 Å². The number of amides is 1. The van der Waals surface area contributed by atoms with Crippen molar-refractivity contribution in [2.45, 2.75) is 11.8 Å². The average molecular weight is 545 g/mol. The lowest BCUT2D eigenvalue weighted by Gasteiger charge is -2.35. The van der Waals surface area contributed by atoms with Crippen LogP contribution in [0.15, 0.2) is 29.2 Å². The number of carbonyl (C=O) groups excluding carboxylic acids is 2. The lowest BCUT2D eigenvalue weighted by molar-refractivity contribution is 0.0601. The van der Waals surface area contributed by atoms with E-state index in [1.807, 2.05) is 4.90 Å². The summed E-state index contributed by atoms with van der Waals surface area (Å²) < 4.78 is 32.1. The fourth-order valence-electron chi connectivity index (χ4n) is 3.42. The predicted molar refractivity (Wildman–Crippen MR) is 136 cm³/mol. The number of thiophene rings is 1. The summed E-state index contributed by atoms with van der Waals surface area (Å²) in [5.74, 6) is -0.802. The number of sulfonamides is 1. The molecule has 0 aliphatic carbocycles. The van der Waals surface area contributed by atoms with Gasteiger partial charge in [-0.25, -0.2) is 13.2 Å². The molecule has 1 aliphatic heterocycles. The van der Waals surface area contributed by atoms with E-state index in [1.54, 1.807) is 33.2 Å². The third-order valence-corrected chi connectivity index (χ3v) is 9.05. The first kappa shape index (κ1) is 26.4. The van der Waals surface area contributed by atoms with Gasteiger partial charge in [0.1, 0.15) is 5.00 Å². The Morgan fingerprint density at radius 3 is 2.26 bits per heavy atom. The third kappa shape index (κ3) is 5.36. The molecule has 0 bridgehead atoms. The number of benzene rings is 1. The van der Waals surface area contributed by atoms with Gasteiger partial charge in [0.05, 0.1) is 22.4 Å². The zero-order chi connectivity index (χ0) is 25.2. The Balaban J connectivity index is 1.74. The highest BCUT2D eigenvalue weighted by atomic mass is 35.5. The predicted octanol–water partition coefficient (Wildman–Crippen LogP) is 2.90. The van der Waals surface area contributed by atoms with E-state index in [2.05, 4.69) is 5.32 Å². The molecule has 0 unspecified atom stereocenters. The van der Waals surface area contributed by atoms with Gasteiger partial charge >= 0.3 is 5.97 Å². The molecule has 0 atom stereocenters. The molecule has 1 aromatic heterocycles. The average Bonchev–Trinajstić information content (AvgIpc) is 3.13. The molecular weight excluding hydrogens is 520 g/mol. The van der Waals surface area contributed by atoms with E-state index in [0.29, 0.717) is 38.7 Å². The highest BCUT2D eigenvalue weighted by Crippen LogP contribution is 2.34. The third-order valence-electron chi connectivity index (χ3n) is 5.33. The van der Waals surface area contributed by atoms with Crippen molar-refractivity contribution in [3.8, 4) is 0 Å². The summed E-state index contributed by atoms with van der Waals surface area (Å²) in [6.45, 7) is 2.89. The van der Waals surface area contributed by atoms with E-state index in [4.69, 9.17) is 28.6 Å². The van der Waals surface area contributed by atoms with Crippen molar-refractivity contribution < 1.29 is 22.7 Å². The Morgan fingerprint density at radius 1 is 1.15 bits per heavy atom. The zero-order valence-corrected chi connectivity index (χ0v) is 22.3. The molecule has 1 fully saturated rings. The molecule has 2 aromatic rings. The van der Waals surface area contributed by atoms with Crippen molar-refractivity contribution in [1.82, 2.24) is 14.1 Å². The maximum Gasteiger partial charge on any atom is 0.341 e. The summed E-state index contributed by atoms with van der Waals surface area (Å²) in [7, 11) is 0.895. The van der Waals surface area contributed by atoms with E-state index in [1.165, 1.54) is 28.4 Å². The lowest BCUT2D eigenvalue weighted by atomic mass is 10.1. The van der Waals surface area contributed by atoms with Crippen LogP contribution < -0.4 is 5.32 Å². The van der Waals surface area contributed by atoms with Crippen molar-refractivity contribution in [1.29, 1.82) is 0 Å². The first-order valence-electron chi connectivity index (χ1n) is 10.2. The number of hydrogen-bond donors (Lipinski definition) is 1. The van der Waals surface area contributed by atoms with E-state index < -0.39 is 16.0 Å². The monoisotopic (exact) mass is 544 g/mol. The topological polar surface area (TPSA) is 99.3 Å². The number of esters is 1. The van der Waals surface area contributed by atoms with Crippen LogP contribution in [0.5, 0.6) is 0 Å². The normalized spacial score (nSPS) is 14.6. The molecule has 184 valence electrons. The molecule has 1 amide bonds. The summed E-state index contributed by atoms with van der Waals surface area (Å²) >= 11 is 12.5. The number of nitrogens with zero attached hydrogens (tertiary/aromatic N) is 3. The van der Waals surface area contributed by atoms with Crippen LogP contribution in [-0.2, 0) is 14.8 Å². The van der Waals surface area contributed by atoms with Gasteiger partial charge in [-0.3, -0.25) is 4.79 Å². The first-order valence-corrected chi connectivity index (χ1v) is 13.3. The van der Waals surface area contributed by atoms with Crippen LogP contribution in [0.25, 0.3) is 0 Å². The molecule has 0 saturated carbocycles. The summed E-state index contributed by atoms with van der Waals surface area (Å²) in [5, 5.41) is 4.27. The molecule has 1 saturated heterocycles. The highest BCUT2D eigenvalue weighted by molar-refractivity contribution is 7.89. The van der Waals surface area contributed by atoms with Crippen LogP contribution in [0.4, 0.5) is 5.00 Å². The largest absolute Gasteiger partial charge is 0.465 e. The number of halogens is 1. The maximum atomic E-state index is 12.9. The van der Waals surface area contributed by atoms with Crippen LogP contribution in [0.1, 0.15) is 25.6 Å². The second kappa shape index (κ2) is 10.6. The minimum absolute atomic E-state index is 0.181. The standard InChI is InChI=1S/C21H25ClN4O5S3/c1-13-16(20(28)31-4)18(33-17(13)19(27)24(2)3)23-21(32)25-9-11-26(12-10-25)34(29,30)15-7-5-14(22)6-8-15/h5-8H,9-12H2,1-4H3,(H,23,32). The summed E-state index contributed by atoms with van der Waals surface area (Å²) in [4.78, 5) is 28.8. The molecule has 1 aromatic carbocycles. The first-order chi connectivity index (χ1) is 16.0. The minimum Gasteiger partial charge on any atom is -0.465 e. The van der Waals surface area contributed by atoms with E-state index >= 15 is 0 Å². The fraction of sp³-hybridized carbons (Fsp3) is 0.381. The number of piperazine rings is 1. The van der Waals surface area contributed by atoms with Gasteiger partial charge in [-0.2, -0.15) is 4.31 Å². The van der Waals surface area contributed by atoms with Crippen molar-refractivity contribution in [2.75, 3.05) is 52.7 Å². The molecule has 34 heavy (non-hydrogen) atoms. The van der Waals surface area contributed by atoms with E-state index in [-0.39, 0.29) is 29.5 Å². The number of ether oxygens (including phenoxy) is 1. The molecule has 0 spiro atoms. The number of nitrogens with one attached hydrogen (secondary N) is 1. The number of rotatable bonds is 5. The van der Waals surface area contributed by atoms with Gasteiger partial charge in [0, 0.05) is 45.3 Å². The molecule has 0 radical (unpaired) electrons. The van der Waals surface area contributed by atoms with Gasteiger partial charge < -0.3 is 19.9 Å². The van der Waals surface area contributed by atoms with Crippen molar-refractivity contribution in [2.24, 2.45) is 0 Å². The molecule has 13 heteroatoms. The highest BCUT2D eigenvalue weighted by Gasteiger charge is 2.31. The number of anilines is 1. The smallest absolute Gasteiger partial charge is 0.341 e. The van der Waals surface area contributed by atoms with Crippen LogP contribution >= 0.6 is 35.2 Å². The van der Waals surface area contributed by atoms with Crippen LogP contribution in [0.2, 0.25) is 5.02 Å². The molecule has 1 N–H and O–H groups in total. The van der Waals surface area contributed by atoms with Crippen LogP contribution in [0, 0.1) is 6.92 Å². The van der Waals surface area contributed by atoms with Gasteiger partial charge in [0.25, 0.3) is 5.91 Å². The SMILES string of the molecule is COC(=O)c1c(NC(=S)N2CCN(S(=O)(=O)c3ccc(Cl)cc3)CC2)sc(C(=O)N(C)C)c1C. The maximum absolute atomic E-state index is 12.9. The molecule has 3 rings (SSSR count). The second-order valence-electron chi connectivity index (χ2n) is 7.73. The van der Waals surface area contributed by atoms with Gasteiger partial charge in [-0.1, -0.05) is 11.6 Å². The fourth-order valence-corrected chi connectivity index (χ4v) is 6.53. The molecule has 2 heterocycles. The zero-order valence-electron chi connectivity index (χ0n) is 19.1. The number of hydrogen-bond acceptors (Lipinski definition) is 7. The Bertz CT molecular complexity index is 1200. The summed E-state index contributed by atoms with van der Waals surface area (Å²) in [6, 6.07) is 6.05. The lowest BCUT2D eigenvalue weighted by Crippen LogP contribution is -2.51. The van der Waals surface area contributed by atoms with Gasteiger partial charge in [0.15, 0.2) is 5.11 Å². The van der Waals surface area contributed by atoms with E-state index in [9.17, 15) is 18.0 Å². The van der Waals surface area contributed by atoms with Gasteiger partial charge in [-0.15, -0.1) is 11.3 Å². The molecular formula is C21H25ClN4O5S3. The van der Waals surface area contributed by atoms with Crippen molar-refractivity contribution in [3.63, 3.8) is 0 Å². The van der Waals surface area contributed by atoms with Crippen LogP contribution in [0.3, 0.4) is 0 Å². The number of methoxy groups -OCH3 is 1.